The zero-order valence-electron chi connectivity index (χ0n) is 14.3. The van der Waals surface area contributed by atoms with Gasteiger partial charge in [-0.3, -0.25) is 4.79 Å². The molecule has 5 heteroatoms. The topological polar surface area (TPSA) is 51.0 Å². The number of aryl methyl sites for hydroxylation is 2. The van der Waals surface area contributed by atoms with Crippen molar-refractivity contribution in [2.75, 3.05) is 13.1 Å². The van der Waals surface area contributed by atoms with E-state index in [4.69, 9.17) is 0 Å². The molecule has 0 bridgehead atoms. The lowest BCUT2D eigenvalue weighted by atomic mass is 9.72. The Hall–Kier alpha value is -1.39. The number of aromatic nitrogens is 3. The molecule has 5 nitrogen and oxygen atoms in total. The van der Waals surface area contributed by atoms with E-state index in [1.165, 1.54) is 44.3 Å². The average Bonchev–Trinajstić information content (AvgIpc) is 3.32. The maximum absolute atomic E-state index is 12.3. The minimum Gasteiger partial charge on any atom is -0.343 e. The fourth-order valence-electron chi connectivity index (χ4n) is 4.36. The van der Waals surface area contributed by atoms with Crippen molar-refractivity contribution >= 4 is 5.91 Å². The first-order valence-corrected chi connectivity index (χ1v) is 9.38. The first-order valence-electron chi connectivity index (χ1n) is 9.38. The molecule has 1 aliphatic carbocycles. The molecule has 0 atom stereocenters. The summed E-state index contributed by atoms with van der Waals surface area (Å²) >= 11 is 0. The van der Waals surface area contributed by atoms with Gasteiger partial charge in [-0.15, -0.1) is 10.2 Å². The standard InChI is InChI=1S/C18H28N4O/c1-2-15-19-20-16-5-6-18(9-12-22(15)16)7-10-21(11-8-18)17(23)13-14-3-4-14/h14H,2-13H2,1H3. The molecule has 1 aromatic heterocycles. The zero-order valence-corrected chi connectivity index (χ0v) is 14.3. The van der Waals surface area contributed by atoms with Gasteiger partial charge in [0.05, 0.1) is 0 Å². The van der Waals surface area contributed by atoms with Gasteiger partial charge in [-0.2, -0.15) is 0 Å². The molecule has 1 saturated heterocycles. The monoisotopic (exact) mass is 316 g/mol. The van der Waals surface area contributed by atoms with Crippen molar-refractivity contribution in [3.8, 4) is 0 Å². The summed E-state index contributed by atoms with van der Waals surface area (Å²) < 4.78 is 2.35. The Morgan fingerprint density at radius 1 is 1.13 bits per heavy atom. The van der Waals surface area contributed by atoms with Crippen molar-refractivity contribution in [3.05, 3.63) is 11.6 Å². The van der Waals surface area contributed by atoms with Crippen LogP contribution in [0.3, 0.4) is 0 Å². The number of rotatable bonds is 3. The van der Waals surface area contributed by atoms with Crippen LogP contribution in [0.15, 0.2) is 0 Å². The average molecular weight is 316 g/mol. The molecular weight excluding hydrogens is 288 g/mol. The van der Waals surface area contributed by atoms with E-state index in [1.54, 1.807) is 0 Å². The van der Waals surface area contributed by atoms with E-state index in [0.717, 1.165) is 44.7 Å². The summed E-state index contributed by atoms with van der Waals surface area (Å²) in [5.74, 6) is 3.41. The molecule has 23 heavy (non-hydrogen) atoms. The molecule has 0 aromatic carbocycles. The van der Waals surface area contributed by atoms with Crippen LogP contribution in [0, 0.1) is 11.3 Å². The Morgan fingerprint density at radius 3 is 2.57 bits per heavy atom. The molecule has 1 aromatic rings. The predicted octanol–water partition coefficient (Wildman–Crippen LogP) is 2.59. The van der Waals surface area contributed by atoms with Gasteiger partial charge in [-0.05, 0) is 49.9 Å². The van der Waals surface area contributed by atoms with Gasteiger partial charge in [0.15, 0.2) is 0 Å². The number of hydrogen-bond donors (Lipinski definition) is 0. The minimum absolute atomic E-state index is 0.404. The first kappa shape index (κ1) is 15.2. The van der Waals surface area contributed by atoms with Crippen molar-refractivity contribution in [2.24, 2.45) is 11.3 Å². The second-order valence-electron chi connectivity index (χ2n) is 7.82. The zero-order chi connectivity index (χ0) is 15.9. The Bertz CT molecular complexity index is 582. The van der Waals surface area contributed by atoms with Gasteiger partial charge in [0, 0.05) is 38.9 Å². The van der Waals surface area contributed by atoms with E-state index in [1.807, 2.05) is 0 Å². The largest absolute Gasteiger partial charge is 0.343 e. The van der Waals surface area contributed by atoms with Crippen LogP contribution in [0.4, 0.5) is 0 Å². The van der Waals surface area contributed by atoms with Gasteiger partial charge in [0.25, 0.3) is 0 Å². The molecule has 1 spiro atoms. The van der Waals surface area contributed by atoms with Crippen molar-refractivity contribution in [3.63, 3.8) is 0 Å². The molecular formula is C18H28N4O. The molecule has 1 amide bonds. The molecule has 0 unspecified atom stereocenters. The second kappa shape index (κ2) is 5.91. The third-order valence-electron chi connectivity index (χ3n) is 6.30. The number of piperidine rings is 1. The van der Waals surface area contributed by atoms with Crippen LogP contribution in [-0.4, -0.2) is 38.7 Å². The highest BCUT2D eigenvalue weighted by Gasteiger charge is 2.38. The summed E-state index contributed by atoms with van der Waals surface area (Å²) in [7, 11) is 0. The van der Waals surface area contributed by atoms with E-state index in [9.17, 15) is 4.79 Å². The molecule has 1 saturated carbocycles. The van der Waals surface area contributed by atoms with E-state index in [-0.39, 0.29) is 0 Å². The van der Waals surface area contributed by atoms with Gasteiger partial charge < -0.3 is 9.47 Å². The maximum atomic E-state index is 12.3. The summed E-state index contributed by atoms with van der Waals surface area (Å²) in [6.07, 6.45) is 10.1. The smallest absolute Gasteiger partial charge is 0.222 e. The lowest BCUT2D eigenvalue weighted by Crippen LogP contribution is -2.43. The summed E-state index contributed by atoms with van der Waals surface area (Å²) in [4.78, 5) is 14.4. The molecule has 2 fully saturated rings. The van der Waals surface area contributed by atoms with Crippen LogP contribution in [0.5, 0.6) is 0 Å². The fourth-order valence-corrected chi connectivity index (χ4v) is 4.36. The highest BCUT2D eigenvalue weighted by atomic mass is 16.2. The van der Waals surface area contributed by atoms with E-state index < -0.39 is 0 Å². The van der Waals surface area contributed by atoms with Crippen LogP contribution >= 0.6 is 0 Å². The predicted molar refractivity (Wildman–Crippen MR) is 87.9 cm³/mol. The van der Waals surface area contributed by atoms with Crippen molar-refractivity contribution in [1.29, 1.82) is 0 Å². The van der Waals surface area contributed by atoms with Gasteiger partial charge in [0.1, 0.15) is 11.6 Å². The van der Waals surface area contributed by atoms with Crippen LogP contribution in [0.25, 0.3) is 0 Å². The summed E-state index contributed by atoms with van der Waals surface area (Å²) in [5, 5.41) is 8.72. The molecule has 4 rings (SSSR count). The van der Waals surface area contributed by atoms with Gasteiger partial charge in [0.2, 0.25) is 5.91 Å². The van der Waals surface area contributed by atoms with E-state index in [2.05, 4.69) is 26.6 Å². The number of fused-ring (bicyclic) bond motifs is 1. The van der Waals surface area contributed by atoms with Crippen molar-refractivity contribution in [2.45, 2.75) is 71.3 Å². The molecule has 3 heterocycles. The highest BCUT2D eigenvalue weighted by molar-refractivity contribution is 5.76. The van der Waals surface area contributed by atoms with Crippen LogP contribution in [-0.2, 0) is 24.2 Å². The number of amides is 1. The Labute approximate surface area is 138 Å². The summed E-state index contributed by atoms with van der Waals surface area (Å²) in [6.45, 7) is 5.14. The molecule has 126 valence electrons. The van der Waals surface area contributed by atoms with Crippen molar-refractivity contribution < 1.29 is 4.79 Å². The van der Waals surface area contributed by atoms with Crippen LogP contribution in [0.1, 0.15) is 63.5 Å². The molecule has 2 aliphatic heterocycles. The summed E-state index contributed by atoms with van der Waals surface area (Å²) in [5.41, 5.74) is 0.419. The van der Waals surface area contributed by atoms with E-state index in [0.29, 0.717) is 17.2 Å². The third kappa shape index (κ3) is 3.02. The van der Waals surface area contributed by atoms with Gasteiger partial charge >= 0.3 is 0 Å². The molecule has 0 radical (unpaired) electrons. The molecule has 3 aliphatic rings. The number of hydrogen-bond acceptors (Lipinski definition) is 3. The number of carbonyl (C=O) groups is 1. The third-order valence-corrected chi connectivity index (χ3v) is 6.30. The summed E-state index contributed by atoms with van der Waals surface area (Å²) in [6, 6.07) is 0. The number of carbonyl (C=O) groups excluding carboxylic acids is 1. The van der Waals surface area contributed by atoms with Crippen LogP contribution in [0.2, 0.25) is 0 Å². The van der Waals surface area contributed by atoms with Crippen LogP contribution < -0.4 is 0 Å². The highest BCUT2D eigenvalue weighted by Crippen LogP contribution is 2.42. The fraction of sp³-hybridized carbons (Fsp3) is 0.833. The number of nitrogens with zero attached hydrogens (tertiary/aromatic N) is 4. The van der Waals surface area contributed by atoms with Gasteiger partial charge in [-0.1, -0.05) is 6.92 Å². The van der Waals surface area contributed by atoms with E-state index >= 15 is 0 Å². The normalized spacial score (nSPS) is 23.6. The lowest BCUT2D eigenvalue weighted by Gasteiger charge is -2.41. The Kier molecular flexibility index (Phi) is 3.90. The minimum atomic E-state index is 0.404. The number of likely N-dealkylation sites (tertiary alicyclic amines) is 1. The van der Waals surface area contributed by atoms with Crippen molar-refractivity contribution in [1.82, 2.24) is 19.7 Å². The quantitative estimate of drug-likeness (QED) is 0.861. The SMILES string of the molecule is CCc1nnc2n1CCC1(CC2)CCN(C(=O)CC2CC2)CC1. The maximum Gasteiger partial charge on any atom is 0.222 e. The second-order valence-corrected chi connectivity index (χ2v) is 7.82. The Balaban J connectivity index is 1.37. The first-order chi connectivity index (χ1) is 11.2. The lowest BCUT2D eigenvalue weighted by molar-refractivity contribution is -0.134. The Morgan fingerprint density at radius 2 is 1.87 bits per heavy atom. The molecule has 0 N–H and O–H groups in total. The van der Waals surface area contributed by atoms with Gasteiger partial charge in [-0.25, -0.2) is 0 Å².